The molecular weight excluding hydrogens is 256 g/mol. The highest BCUT2D eigenvalue weighted by Crippen LogP contribution is 2.33. The minimum absolute atomic E-state index is 0.00172. The van der Waals surface area contributed by atoms with Crippen molar-refractivity contribution in [1.29, 1.82) is 0 Å². The molecule has 0 aliphatic carbocycles. The van der Waals surface area contributed by atoms with Crippen LogP contribution in [0.5, 0.6) is 0 Å². The molecule has 1 saturated heterocycles. The van der Waals surface area contributed by atoms with E-state index in [1.54, 1.807) is 12.3 Å². The first-order chi connectivity index (χ1) is 9.45. The van der Waals surface area contributed by atoms with Crippen LogP contribution in [0.25, 0.3) is 0 Å². The Balaban J connectivity index is 1.96. The van der Waals surface area contributed by atoms with Crippen molar-refractivity contribution in [1.82, 2.24) is 9.47 Å². The van der Waals surface area contributed by atoms with Crippen LogP contribution in [0.2, 0.25) is 0 Å². The highest BCUT2D eigenvalue weighted by Gasteiger charge is 2.30. The zero-order valence-corrected chi connectivity index (χ0v) is 12.1. The van der Waals surface area contributed by atoms with E-state index in [2.05, 4.69) is 13.8 Å². The second kappa shape index (κ2) is 5.69. The molecule has 1 N–H and O–H groups in total. The smallest absolute Gasteiger partial charge is 0.352 e. The lowest BCUT2D eigenvalue weighted by atomic mass is 9.78. The normalized spacial score (nSPS) is 18.0. The van der Waals surface area contributed by atoms with Crippen LogP contribution in [0, 0.1) is 5.41 Å². The van der Waals surface area contributed by atoms with E-state index in [9.17, 15) is 9.59 Å². The van der Waals surface area contributed by atoms with Gasteiger partial charge in [0, 0.05) is 19.3 Å². The summed E-state index contributed by atoms with van der Waals surface area (Å²) in [6.07, 6.45) is 4.82. The summed E-state index contributed by atoms with van der Waals surface area (Å²) in [5, 5.41) is 9.03. The van der Waals surface area contributed by atoms with Crippen molar-refractivity contribution in [2.75, 3.05) is 13.1 Å². The number of carbonyl (C=O) groups is 2. The van der Waals surface area contributed by atoms with Crippen LogP contribution in [0.3, 0.4) is 0 Å². The number of likely N-dealkylation sites (tertiary alicyclic amines) is 1. The van der Waals surface area contributed by atoms with Crippen LogP contribution in [-0.4, -0.2) is 39.5 Å². The molecule has 5 heteroatoms. The third-order valence-corrected chi connectivity index (χ3v) is 4.53. The Bertz CT molecular complexity index is 499. The van der Waals surface area contributed by atoms with Crippen LogP contribution in [0.4, 0.5) is 0 Å². The van der Waals surface area contributed by atoms with Gasteiger partial charge in [0.15, 0.2) is 0 Å². The number of carboxylic acid groups (broad SMARTS) is 1. The Morgan fingerprint density at radius 2 is 2.00 bits per heavy atom. The third-order valence-electron chi connectivity index (χ3n) is 4.53. The van der Waals surface area contributed by atoms with E-state index in [-0.39, 0.29) is 18.1 Å². The van der Waals surface area contributed by atoms with Gasteiger partial charge in [-0.1, -0.05) is 20.3 Å². The van der Waals surface area contributed by atoms with Gasteiger partial charge in [-0.15, -0.1) is 0 Å². The van der Waals surface area contributed by atoms with Crippen molar-refractivity contribution in [3.63, 3.8) is 0 Å². The van der Waals surface area contributed by atoms with E-state index in [4.69, 9.17) is 5.11 Å². The molecule has 0 atom stereocenters. The van der Waals surface area contributed by atoms with Gasteiger partial charge in [0.1, 0.15) is 12.2 Å². The standard InChI is InChI=1S/C15H22N2O3/c1-3-15(2)6-9-16(10-7-15)13(18)11-17-8-4-5-12(17)14(19)20/h4-5,8H,3,6-7,9-11H2,1-2H3,(H,19,20). The van der Waals surface area contributed by atoms with Crippen molar-refractivity contribution in [2.45, 2.75) is 39.7 Å². The van der Waals surface area contributed by atoms with Crippen LogP contribution >= 0.6 is 0 Å². The summed E-state index contributed by atoms with van der Waals surface area (Å²) in [5.74, 6) is -0.998. The summed E-state index contributed by atoms with van der Waals surface area (Å²) >= 11 is 0. The van der Waals surface area contributed by atoms with E-state index < -0.39 is 5.97 Å². The molecule has 1 aromatic heterocycles. The molecule has 110 valence electrons. The van der Waals surface area contributed by atoms with E-state index >= 15 is 0 Å². The summed E-state index contributed by atoms with van der Waals surface area (Å²) in [6.45, 7) is 6.11. The molecule has 1 aliphatic rings. The molecule has 1 amide bonds. The number of nitrogens with zero attached hydrogens (tertiary/aromatic N) is 2. The molecule has 0 bridgehead atoms. The molecule has 2 rings (SSSR count). The van der Waals surface area contributed by atoms with Gasteiger partial charge >= 0.3 is 5.97 Å². The van der Waals surface area contributed by atoms with Crippen LogP contribution in [0.15, 0.2) is 18.3 Å². The highest BCUT2D eigenvalue weighted by atomic mass is 16.4. The number of carboxylic acids is 1. The highest BCUT2D eigenvalue weighted by molar-refractivity contribution is 5.86. The number of amides is 1. The van der Waals surface area contributed by atoms with Gasteiger partial charge in [-0.3, -0.25) is 4.79 Å². The fourth-order valence-corrected chi connectivity index (χ4v) is 2.64. The van der Waals surface area contributed by atoms with Gasteiger partial charge in [-0.05, 0) is 30.4 Å². The van der Waals surface area contributed by atoms with Gasteiger partial charge in [-0.2, -0.15) is 0 Å². The van der Waals surface area contributed by atoms with Crippen molar-refractivity contribution < 1.29 is 14.7 Å². The maximum atomic E-state index is 12.3. The molecule has 0 saturated carbocycles. The average molecular weight is 278 g/mol. The lowest BCUT2D eigenvalue weighted by Gasteiger charge is -2.39. The third kappa shape index (κ3) is 3.03. The van der Waals surface area contributed by atoms with Crippen molar-refractivity contribution in [3.05, 3.63) is 24.0 Å². The van der Waals surface area contributed by atoms with E-state index in [1.807, 2.05) is 4.90 Å². The number of aromatic carboxylic acids is 1. The van der Waals surface area contributed by atoms with Crippen molar-refractivity contribution >= 4 is 11.9 Å². The SMILES string of the molecule is CCC1(C)CCN(C(=O)Cn2cccc2C(=O)O)CC1. The lowest BCUT2D eigenvalue weighted by molar-refractivity contribution is -0.134. The predicted octanol–water partition coefficient (Wildman–Crippen LogP) is 2.23. The van der Waals surface area contributed by atoms with E-state index in [0.29, 0.717) is 5.41 Å². The molecular formula is C15H22N2O3. The van der Waals surface area contributed by atoms with Crippen LogP contribution < -0.4 is 0 Å². The Morgan fingerprint density at radius 3 is 2.55 bits per heavy atom. The topological polar surface area (TPSA) is 62.5 Å². The first-order valence-electron chi connectivity index (χ1n) is 7.11. The monoisotopic (exact) mass is 278 g/mol. The van der Waals surface area contributed by atoms with Crippen LogP contribution in [-0.2, 0) is 11.3 Å². The van der Waals surface area contributed by atoms with Gasteiger partial charge in [0.25, 0.3) is 0 Å². The first kappa shape index (κ1) is 14.6. The molecule has 1 aliphatic heterocycles. The molecule has 0 spiro atoms. The summed E-state index contributed by atoms with van der Waals surface area (Å²) in [6, 6.07) is 3.17. The number of hydrogen-bond donors (Lipinski definition) is 1. The maximum absolute atomic E-state index is 12.3. The maximum Gasteiger partial charge on any atom is 0.352 e. The van der Waals surface area contributed by atoms with Gasteiger partial charge in [0.2, 0.25) is 5.91 Å². The fourth-order valence-electron chi connectivity index (χ4n) is 2.64. The number of rotatable bonds is 4. The Labute approximate surface area is 119 Å². The van der Waals surface area contributed by atoms with Crippen molar-refractivity contribution in [3.8, 4) is 0 Å². The predicted molar refractivity (Wildman–Crippen MR) is 75.6 cm³/mol. The molecule has 5 nitrogen and oxygen atoms in total. The van der Waals surface area contributed by atoms with E-state index in [0.717, 1.165) is 32.4 Å². The largest absolute Gasteiger partial charge is 0.477 e. The molecule has 0 unspecified atom stereocenters. The quantitative estimate of drug-likeness (QED) is 0.918. The van der Waals surface area contributed by atoms with E-state index in [1.165, 1.54) is 10.6 Å². The number of piperidine rings is 1. The summed E-state index contributed by atoms with van der Waals surface area (Å²) in [7, 11) is 0. The Morgan fingerprint density at radius 1 is 1.35 bits per heavy atom. The molecule has 20 heavy (non-hydrogen) atoms. The van der Waals surface area contributed by atoms with Gasteiger partial charge in [-0.25, -0.2) is 4.79 Å². The molecule has 0 aromatic carbocycles. The zero-order valence-electron chi connectivity index (χ0n) is 12.1. The molecule has 2 heterocycles. The first-order valence-corrected chi connectivity index (χ1v) is 7.11. The number of aromatic nitrogens is 1. The summed E-state index contributed by atoms with van der Waals surface area (Å²) in [5.41, 5.74) is 0.505. The van der Waals surface area contributed by atoms with Crippen LogP contribution in [0.1, 0.15) is 43.6 Å². The Hall–Kier alpha value is -1.78. The molecule has 1 aromatic rings. The fraction of sp³-hybridized carbons (Fsp3) is 0.600. The summed E-state index contributed by atoms with van der Waals surface area (Å²) in [4.78, 5) is 25.1. The number of carbonyl (C=O) groups excluding carboxylic acids is 1. The number of hydrogen-bond acceptors (Lipinski definition) is 2. The summed E-state index contributed by atoms with van der Waals surface area (Å²) < 4.78 is 1.50. The average Bonchev–Trinajstić information content (AvgIpc) is 2.88. The second-order valence-electron chi connectivity index (χ2n) is 5.87. The second-order valence-corrected chi connectivity index (χ2v) is 5.87. The van der Waals surface area contributed by atoms with Gasteiger partial charge < -0.3 is 14.6 Å². The van der Waals surface area contributed by atoms with Crippen molar-refractivity contribution in [2.24, 2.45) is 5.41 Å². The minimum atomic E-state index is -1.000. The zero-order chi connectivity index (χ0) is 14.8. The Kier molecular flexibility index (Phi) is 4.16. The lowest BCUT2D eigenvalue weighted by Crippen LogP contribution is -2.43. The molecule has 1 fully saturated rings. The minimum Gasteiger partial charge on any atom is -0.477 e. The molecule has 0 radical (unpaired) electrons. The van der Waals surface area contributed by atoms with Gasteiger partial charge in [0.05, 0.1) is 0 Å².